The highest BCUT2D eigenvalue weighted by Crippen LogP contribution is 2.28. The van der Waals surface area contributed by atoms with Crippen LogP contribution < -0.4 is 0 Å². The van der Waals surface area contributed by atoms with Crippen LogP contribution in [0.3, 0.4) is 0 Å². The fourth-order valence-electron chi connectivity index (χ4n) is 1.49. The lowest BCUT2D eigenvalue weighted by Gasteiger charge is -2.43. The molecule has 1 rings (SSSR count). The summed E-state index contributed by atoms with van der Waals surface area (Å²) in [6, 6.07) is 2.32. The van der Waals surface area contributed by atoms with E-state index in [1.165, 1.54) is 6.42 Å². The summed E-state index contributed by atoms with van der Waals surface area (Å²) in [6.07, 6.45) is 1.20. The lowest BCUT2D eigenvalue weighted by atomic mass is 9.84. The minimum atomic E-state index is -0.0326. The van der Waals surface area contributed by atoms with Crippen LogP contribution >= 0.6 is 0 Å². The van der Waals surface area contributed by atoms with Crippen molar-refractivity contribution in [2.45, 2.75) is 20.3 Å². The molecule has 1 saturated heterocycles. The summed E-state index contributed by atoms with van der Waals surface area (Å²) in [4.78, 5) is 2.32. The van der Waals surface area contributed by atoms with Crippen molar-refractivity contribution >= 4 is 0 Å². The molecule has 2 nitrogen and oxygen atoms in total. The maximum absolute atomic E-state index is 8.65. The average Bonchev–Trinajstić information content (AvgIpc) is 1.85. The van der Waals surface area contributed by atoms with Gasteiger partial charge in [0.05, 0.1) is 11.5 Å². The van der Waals surface area contributed by atoms with Gasteiger partial charge in [-0.05, 0) is 19.9 Å². The third kappa shape index (κ3) is 1.30. The second-order valence-corrected chi connectivity index (χ2v) is 3.38. The van der Waals surface area contributed by atoms with Crippen LogP contribution in [-0.4, -0.2) is 24.5 Å². The van der Waals surface area contributed by atoms with E-state index >= 15 is 0 Å². The van der Waals surface area contributed by atoms with Gasteiger partial charge in [-0.3, -0.25) is 0 Å². The van der Waals surface area contributed by atoms with Gasteiger partial charge in [0.15, 0.2) is 0 Å². The van der Waals surface area contributed by atoms with Gasteiger partial charge >= 0.3 is 0 Å². The highest BCUT2D eigenvalue weighted by atomic mass is 15.2. The molecule has 1 fully saturated rings. The Bertz CT molecular complexity index is 151. The number of hydrogen-bond donors (Lipinski definition) is 0. The Hall–Kier alpha value is -0.550. The van der Waals surface area contributed by atoms with Crippen molar-refractivity contribution in [1.29, 1.82) is 5.26 Å². The molecule has 0 spiro atoms. The first-order valence-electron chi connectivity index (χ1n) is 3.84. The fourth-order valence-corrected chi connectivity index (χ4v) is 1.49. The zero-order valence-electron chi connectivity index (χ0n) is 6.72. The van der Waals surface area contributed by atoms with Gasteiger partial charge in [0.1, 0.15) is 0 Å². The molecule has 0 amide bonds. The van der Waals surface area contributed by atoms with Crippen LogP contribution in [0, 0.1) is 16.7 Å². The predicted octanol–water partition coefficient (Wildman–Crippen LogP) is 1.24. The molecule has 0 aromatic carbocycles. The summed E-state index contributed by atoms with van der Waals surface area (Å²) >= 11 is 0. The molecule has 10 heavy (non-hydrogen) atoms. The van der Waals surface area contributed by atoms with E-state index in [-0.39, 0.29) is 5.41 Å². The van der Waals surface area contributed by atoms with Gasteiger partial charge < -0.3 is 4.90 Å². The van der Waals surface area contributed by atoms with Gasteiger partial charge in [-0.25, -0.2) is 0 Å². The Morgan fingerprint density at radius 1 is 1.60 bits per heavy atom. The molecule has 0 aromatic rings. The summed E-state index contributed by atoms with van der Waals surface area (Å²) in [5.74, 6) is 0. The molecule has 1 aliphatic rings. The molecule has 1 heterocycles. The topological polar surface area (TPSA) is 27.0 Å². The maximum Gasteiger partial charge on any atom is 0.0799 e. The van der Waals surface area contributed by atoms with Crippen LogP contribution in [0.5, 0.6) is 0 Å². The van der Waals surface area contributed by atoms with Gasteiger partial charge in [-0.15, -0.1) is 0 Å². The molecule has 0 radical (unpaired) electrons. The van der Waals surface area contributed by atoms with Crippen molar-refractivity contribution in [2.75, 3.05) is 19.6 Å². The highest BCUT2D eigenvalue weighted by molar-refractivity contribution is 5.06. The van der Waals surface area contributed by atoms with Crippen molar-refractivity contribution in [1.82, 2.24) is 4.90 Å². The molecular formula is C8H14N2. The van der Waals surface area contributed by atoms with E-state index in [4.69, 9.17) is 5.26 Å². The number of nitrogens with zero attached hydrogens (tertiary/aromatic N) is 2. The normalized spacial score (nSPS) is 23.3. The fraction of sp³-hybridized carbons (Fsp3) is 0.875. The second kappa shape index (κ2) is 2.59. The van der Waals surface area contributed by atoms with Crippen molar-refractivity contribution in [3.63, 3.8) is 0 Å². The van der Waals surface area contributed by atoms with Gasteiger partial charge in [0, 0.05) is 13.1 Å². The second-order valence-electron chi connectivity index (χ2n) is 3.38. The zero-order chi connectivity index (χ0) is 7.61. The van der Waals surface area contributed by atoms with Crippen molar-refractivity contribution in [2.24, 2.45) is 5.41 Å². The highest BCUT2D eigenvalue weighted by Gasteiger charge is 2.37. The summed E-state index contributed by atoms with van der Waals surface area (Å²) in [5.41, 5.74) is -0.0326. The number of nitriles is 1. The molecule has 1 aliphatic heterocycles. The van der Waals surface area contributed by atoms with Crippen molar-refractivity contribution < 1.29 is 0 Å². The standard InChI is InChI=1S/C8H14N2/c1-3-4-10-6-8(2,5-9)7-10/h3-4,6-7H2,1-2H3. The van der Waals surface area contributed by atoms with Crippen LogP contribution in [0.2, 0.25) is 0 Å². The van der Waals surface area contributed by atoms with Crippen LogP contribution in [0.25, 0.3) is 0 Å². The Kier molecular flexibility index (Phi) is 1.96. The summed E-state index contributed by atoms with van der Waals surface area (Å²) in [7, 11) is 0. The number of rotatable bonds is 2. The van der Waals surface area contributed by atoms with Gasteiger partial charge in [-0.2, -0.15) is 5.26 Å². The third-order valence-electron chi connectivity index (χ3n) is 1.95. The quantitative estimate of drug-likeness (QED) is 0.574. The first kappa shape index (κ1) is 7.56. The van der Waals surface area contributed by atoms with E-state index in [9.17, 15) is 0 Å². The molecule has 0 atom stereocenters. The lowest BCUT2D eigenvalue weighted by Crippen LogP contribution is -2.53. The van der Waals surface area contributed by atoms with Gasteiger partial charge in [0.2, 0.25) is 0 Å². The molecule has 2 heteroatoms. The molecule has 56 valence electrons. The summed E-state index contributed by atoms with van der Waals surface area (Å²) < 4.78 is 0. The Balaban J connectivity index is 2.24. The number of hydrogen-bond acceptors (Lipinski definition) is 2. The van der Waals surface area contributed by atoms with Crippen LogP contribution in [0.1, 0.15) is 20.3 Å². The maximum atomic E-state index is 8.65. The Labute approximate surface area is 62.4 Å². The van der Waals surface area contributed by atoms with E-state index < -0.39 is 0 Å². The van der Waals surface area contributed by atoms with E-state index in [1.54, 1.807) is 0 Å². The van der Waals surface area contributed by atoms with Gasteiger partial charge in [-0.1, -0.05) is 6.92 Å². The van der Waals surface area contributed by atoms with E-state index in [1.807, 2.05) is 6.92 Å². The first-order valence-corrected chi connectivity index (χ1v) is 3.84. The minimum Gasteiger partial charge on any atom is -0.300 e. The zero-order valence-corrected chi connectivity index (χ0v) is 6.72. The average molecular weight is 138 g/mol. The molecule has 0 N–H and O–H groups in total. The molecule has 0 aromatic heterocycles. The molecular weight excluding hydrogens is 124 g/mol. The van der Waals surface area contributed by atoms with E-state index in [0.717, 1.165) is 19.6 Å². The largest absolute Gasteiger partial charge is 0.300 e. The predicted molar refractivity (Wildman–Crippen MR) is 40.5 cm³/mol. The number of likely N-dealkylation sites (tertiary alicyclic amines) is 1. The molecule has 0 bridgehead atoms. The molecule has 0 saturated carbocycles. The third-order valence-corrected chi connectivity index (χ3v) is 1.95. The monoisotopic (exact) mass is 138 g/mol. The smallest absolute Gasteiger partial charge is 0.0799 e. The Morgan fingerprint density at radius 2 is 2.20 bits per heavy atom. The van der Waals surface area contributed by atoms with E-state index in [2.05, 4.69) is 17.9 Å². The summed E-state index contributed by atoms with van der Waals surface area (Å²) in [5, 5.41) is 8.65. The molecule has 0 aliphatic carbocycles. The van der Waals surface area contributed by atoms with Crippen molar-refractivity contribution in [3.8, 4) is 6.07 Å². The first-order chi connectivity index (χ1) is 4.70. The van der Waals surface area contributed by atoms with E-state index in [0.29, 0.717) is 0 Å². The molecule has 0 unspecified atom stereocenters. The lowest BCUT2D eigenvalue weighted by molar-refractivity contribution is 0.0609. The van der Waals surface area contributed by atoms with Gasteiger partial charge in [0.25, 0.3) is 0 Å². The van der Waals surface area contributed by atoms with Crippen LogP contribution in [0.4, 0.5) is 0 Å². The Morgan fingerprint density at radius 3 is 2.60 bits per heavy atom. The summed E-state index contributed by atoms with van der Waals surface area (Å²) in [6.45, 7) is 7.28. The van der Waals surface area contributed by atoms with Crippen molar-refractivity contribution in [3.05, 3.63) is 0 Å². The van der Waals surface area contributed by atoms with Crippen LogP contribution in [0.15, 0.2) is 0 Å². The SMILES string of the molecule is CCCN1CC(C)(C#N)C1. The minimum absolute atomic E-state index is 0.0326. The van der Waals surface area contributed by atoms with Crippen LogP contribution in [-0.2, 0) is 0 Å².